The van der Waals surface area contributed by atoms with E-state index in [4.69, 9.17) is 11.6 Å². The van der Waals surface area contributed by atoms with Crippen LogP contribution < -0.4 is 0 Å². The largest absolute Gasteiger partial charge is 0.389 e. The topological polar surface area (TPSA) is 58.3 Å². The Bertz CT molecular complexity index is 288. The molecule has 5 heteroatoms. The molecule has 0 aliphatic heterocycles. The summed E-state index contributed by atoms with van der Waals surface area (Å²) in [4.78, 5) is 0. The number of aromatic nitrogens is 2. The lowest BCUT2D eigenvalue weighted by Crippen LogP contribution is -2.19. The molecule has 1 aromatic heterocycles. The molecule has 0 bridgehead atoms. The van der Waals surface area contributed by atoms with Gasteiger partial charge in [-0.05, 0) is 13.8 Å². The second-order valence-electron chi connectivity index (χ2n) is 3.51. The van der Waals surface area contributed by atoms with Crippen molar-refractivity contribution in [2.45, 2.75) is 32.1 Å². The van der Waals surface area contributed by atoms with Gasteiger partial charge in [-0.1, -0.05) is 0 Å². The molecule has 2 unspecified atom stereocenters. The van der Waals surface area contributed by atoms with E-state index in [0.29, 0.717) is 5.56 Å². The zero-order valence-electron chi connectivity index (χ0n) is 8.26. The van der Waals surface area contributed by atoms with Crippen LogP contribution in [-0.4, -0.2) is 32.0 Å². The molecule has 14 heavy (non-hydrogen) atoms. The molecule has 0 aromatic carbocycles. The summed E-state index contributed by atoms with van der Waals surface area (Å²) in [7, 11) is 0. The van der Waals surface area contributed by atoms with Gasteiger partial charge < -0.3 is 10.2 Å². The van der Waals surface area contributed by atoms with Gasteiger partial charge in [0.2, 0.25) is 0 Å². The minimum Gasteiger partial charge on any atom is -0.389 e. The third-order valence-electron chi connectivity index (χ3n) is 2.01. The lowest BCUT2D eigenvalue weighted by atomic mass is 10.1. The molecule has 4 nitrogen and oxygen atoms in total. The minimum atomic E-state index is -0.958. The smallest absolute Gasteiger partial charge is 0.109 e. The number of alkyl halides is 1. The maximum Gasteiger partial charge on any atom is 0.109 e. The maximum absolute atomic E-state index is 9.60. The Morgan fingerprint density at radius 3 is 2.57 bits per heavy atom. The molecule has 2 N–H and O–H groups in total. The summed E-state index contributed by atoms with van der Waals surface area (Å²) in [6.07, 6.45) is 1.35. The van der Waals surface area contributed by atoms with E-state index in [1.54, 1.807) is 17.1 Å². The minimum absolute atomic E-state index is 0.00796. The predicted molar refractivity (Wildman–Crippen MR) is 54.3 cm³/mol. The van der Waals surface area contributed by atoms with Crippen LogP contribution in [0.2, 0.25) is 0 Å². The Morgan fingerprint density at radius 1 is 1.50 bits per heavy atom. The van der Waals surface area contributed by atoms with E-state index in [1.807, 2.05) is 13.8 Å². The van der Waals surface area contributed by atoms with Crippen molar-refractivity contribution in [2.75, 3.05) is 5.88 Å². The predicted octanol–water partition coefficient (Wildman–Crippen LogP) is 1.10. The van der Waals surface area contributed by atoms with Gasteiger partial charge in [-0.25, -0.2) is 0 Å². The normalized spacial score (nSPS) is 15.9. The SMILES string of the molecule is CC(C)n1cc(C(O)C(O)CCl)cn1. The molecule has 1 aromatic rings. The van der Waals surface area contributed by atoms with E-state index in [9.17, 15) is 10.2 Å². The zero-order chi connectivity index (χ0) is 10.7. The van der Waals surface area contributed by atoms with E-state index >= 15 is 0 Å². The molecular formula is C9H15ClN2O2. The first-order chi connectivity index (χ1) is 6.56. The van der Waals surface area contributed by atoms with Crippen molar-refractivity contribution in [1.82, 2.24) is 9.78 Å². The van der Waals surface area contributed by atoms with Gasteiger partial charge in [-0.15, -0.1) is 11.6 Å². The van der Waals surface area contributed by atoms with E-state index in [-0.39, 0.29) is 11.9 Å². The standard InChI is InChI=1S/C9H15ClN2O2/c1-6(2)12-5-7(4-11-12)9(14)8(13)3-10/h4-6,8-9,13-14H,3H2,1-2H3. The van der Waals surface area contributed by atoms with Crippen molar-refractivity contribution in [3.63, 3.8) is 0 Å². The molecule has 0 aliphatic carbocycles. The second kappa shape index (κ2) is 4.77. The maximum atomic E-state index is 9.60. The zero-order valence-corrected chi connectivity index (χ0v) is 9.02. The Kier molecular flexibility index (Phi) is 3.92. The number of hydrogen-bond donors (Lipinski definition) is 2. The molecule has 0 radical (unpaired) electrons. The first kappa shape index (κ1) is 11.5. The third kappa shape index (κ3) is 2.47. The second-order valence-corrected chi connectivity index (χ2v) is 3.82. The average Bonchev–Trinajstić information content (AvgIpc) is 2.64. The van der Waals surface area contributed by atoms with Crippen molar-refractivity contribution in [3.8, 4) is 0 Å². The molecule has 0 saturated carbocycles. The number of nitrogens with zero attached hydrogens (tertiary/aromatic N) is 2. The molecular weight excluding hydrogens is 204 g/mol. The van der Waals surface area contributed by atoms with Crippen LogP contribution >= 0.6 is 11.6 Å². The van der Waals surface area contributed by atoms with Gasteiger partial charge in [0.25, 0.3) is 0 Å². The molecule has 0 saturated heterocycles. The van der Waals surface area contributed by atoms with Crippen LogP contribution in [0.5, 0.6) is 0 Å². The van der Waals surface area contributed by atoms with Crippen molar-refractivity contribution in [3.05, 3.63) is 18.0 Å². The number of halogens is 1. The first-order valence-corrected chi connectivity index (χ1v) is 5.06. The fourth-order valence-corrected chi connectivity index (χ4v) is 1.26. The van der Waals surface area contributed by atoms with Gasteiger partial charge in [0.1, 0.15) is 6.10 Å². The van der Waals surface area contributed by atoms with Crippen LogP contribution in [0.4, 0.5) is 0 Å². The van der Waals surface area contributed by atoms with Crippen molar-refractivity contribution < 1.29 is 10.2 Å². The summed E-state index contributed by atoms with van der Waals surface area (Å²) in [5, 5.41) is 23.0. The van der Waals surface area contributed by atoms with Crippen molar-refractivity contribution in [2.24, 2.45) is 0 Å². The monoisotopic (exact) mass is 218 g/mol. The molecule has 1 heterocycles. The van der Waals surface area contributed by atoms with Gasteiger partial charge in [0, 0.05) is 17.8 Å². The first-order valence-electron chi connectivity index (χ1n) is 4.52. The quantitative estimate of drug-likeness (QED) is 0.744. The lowest BCUT2D eigenvalue weighted by molar-refractivity contribution is 0.0326. The van der Waals surface area contributed by atoms with Gasteiger partial charge >= 0.3 is 0 Å². The lowest BCUT2D eigenvalue weighted by Gasteiger charge is -2.13. The summed E-state index contributed by atoms with van der Waals surface area (Å²) in [5.41, 5.74) is 0.590. The Labute approximate surface area is 88.1 Å². The van der Waals surface area contributed by atoms with Crippen LogP contribution in [0.1, 0.15) is 31.6 Å². The summed E-state index contributed by atoms with van der Waals surface area (Å²) < 4.78 is 1.72. The third-order valence-corrected chi connectivity index (χ3v) is 2.33. The highest BCUT2D eigenvalue weighted by molar-refractivity contribution is 6.18. The van der Waals surface area contributed by atoms with E-state index < -0.39 is 12.2 Å². The van der Waals surface area contributed by atoms with Crippen LogP contribution in [0.25, 0.3) is 0 Å². The van der Waals surface area contributed by atoms with E-state index in [2.05, 4.69) is 5.10 Å². The highest BCUT2D eigenvalue weighted by Crippen LogP contribution is 2.18. The summed E-state index contributed by atoms with van der Waals surface area (Å²) in [6.45, 7) is 3.97. The van der Waals surface area contributed by atoms with Gasteiger partial charge in [-0.2, -0.15) is 5.10 Å². The summed E-state index contributed by atoms with van der Waals surface area (Å²) in [6, 6.07) is 0.240. The van der Waals surface area contributed by atoms with Gasteiger partial charge in [0.15, 0.2) is 0 Å². The van der Waals surface area contributed by atoms with Crippen LogP contribution in [0.15, 0.2) is 12.4 Å². The number of aliphatic hydroxyl groups is 2. The number of rotatable bonds is 4. The fraction of sp³-hybridized carbons (Fsp3) is 0.667. The van der Waals surface area contributed by atoms with Crippen LogP contribution in [-0.2, 0) is 0 Å². The molecule has 0 fully saturated rings. The summed E-state index contributed by atoms with van der Waals surface area (Å²) >= 11 is 5.43. The number of aliphatic hydroxyl groups excluding tert-OH is 2. The molecule has 2 atom stereocenters. The Morgan fingerprint density at radius 2 is 2.14 bits per heavy atom. The Hall–Kier alpha value is -0.580. The molecule has 0 aliphatic rings. The van der Waals surface area contributed by atoms with Gasteiger partial charge in [0.05, 0.1) is 18.2 Å². The highest BCUT2D eigenvalue weighted by atomic mass is 35.5. The average molecular weight is 219 g/mol. The molecule has 0 spiro atoms. The van der Waals surface area contributed by atoms with Crippen LogP contribution in [0, 0.1) is 0 Å². The summed E-state index contributed by atoms with van der Waals surface area (Å²) in [5.74, 6) is 0.00796. The Balaban J connectivity index is 2.76. The van der Waals surface area contributed by atoms with E-state index in [1.165, 1.54) is 0 Å². The fourth-order valence-electron chi connectivity index (χ4n) is 1.09. The van der Waals surface area contributed by atoms with Crippen LogP contribution in [0.3, 0.4) is 0 Å². The van der Waals surface area contributed by atoms with Crippen molar-refractivity contribution in [1.29, 1.82) is 0 Å². The number of hydrogen-bond acceptors (Lipinski definition) is 3. The molecule has 1 rings (SSSR count). The van der Waals surface area contributed by atoms with E-state index in [0.717, 1.165) is 0 Å². The molecule has 80 valence electrons. The van der Waals surface area contributed by atoms with Gasteiger partial charge in [-0.3, -0.25) is 4.68 Å². The van der Waals surface area contributed by atoms with Crippen molar-refractivity contribution >= 4 is 11.6 Å². The molecule has 0 amide bonds. The highest BCUT2D eigenvalue weighted by Gasteiger charge is 2.19.